The van der Waals surface area contributed by atoms with Crippen LogP contribution < -0.4 is 5.32 Å². The van der Waals surface area contributed by atoms with Gasteiger partial charge in [0.15, 0.2) is 0 Å². The molecule has 0 spiro atoms. The van der Waals surface area contributed by atoms with Gasteiger partial charge < -0.3 is 5.32 Å². The minimum absolute atomic E-state index is 0.267. The summed E-state index contributed by atoms with van der Waals surface area (Å²) in [7, 11) is 0. The summed E-state index contributed by atoms with van der Waals surface area (Å²) in [6, 6.07) is 1.86. The Balaban J connectivity index is 2.98. The van der Waals surface area contributed by atoms with E-state index in [4.69, 9.17) is 0 Å². The van der Waals surface area contributed by atoms with Crippen molar-refractivity contribution in [1.82, 2.24) is 5.32 Å². The molecule has 0 unspecified atom stereocenters. The molecule has 1 rings (SSSR count). The third-order valence-corrected chi connectivity index (χ3v) is 2.35. The zero-order chi connectivity index (χ0) is 13.8. The van der Waals surface area contributed by atoms with Gasteiger partial charge in [-0.25, -0.2) is 4.39 Å². The zero-order valence-corrected chi connectivity index (χ0v) is 9.77. The highest BCUT2D eigenvalue weighted by atomic mass is 19.4. The first kappa shape index (κ1) is 14.5. The Labute approximate surface area is 102 Å². The van der Waals surface area contributed by atoms with Crippen LogP contribution in [0.4, 0.5) is 17.6 Å². The number of carbonyl (C=O) groups excluding carboxylic acids is 1. The molecule has 0 aliphatic rings. The van der Waals surface area contributed by atoms with Crippen LogP contribution >= 0.6 is 0 Å². The highest BCUT2D eigenvalue weighted by Crippen LogP contribution is 2.32. The Hall–Kier alpha value is -1.59. The summed E-state index contributed by atoms with van der Waals surface area (Å²) in [4.78, 5) is 11.6. The van der Waals surface area contributed by atoms with Crippen molar-refractivity contribution in [2.45, 2.75) is 25.9 Å². The molecule has 0 heterocycles. The van der Waals surface area contributed by atoms with Gasteiger partial charge in [0.05, 0.1) is 11.1 Å². The monoisotopic (exact) mass is 263 g/mol. The van der Waals surface area contributed by atoms with Gasteiger partial charge in [-0.05, 0) is 24.6 Å². The highest BCUT2D eigenvalue weighted by Gasteiger charge is 2.35. The number of alkyl halides is 3. The molecular weight excluding hydrogens is 250 g/mol. The average Bonchev–Trinajstić information content (AvgIpc) is 2.27. The van der Waals surface area contributed by atoms with Crippen LogP contribution in [0.15, 0.2) is 18.2 Å². The number of nitrogens with one attached hydrogen (secondary N) is 1. The van der Waals surface area contributed by atoms with Crippen LogP contribution in [-0.2, 0) is 6.18 Å². The summed E-state index contributed by atoms with van der Waals surface area (Å²) in [6.07, 6.45) is -3.22. The molecule has 0 atom stereocenters. The lowest BCUT2D eigenvalue weighted by atomic mass is 10.1. The second-order valence-electron chi connectivity index (χ2n) is 3.80. The van der Waals surface area contributed by atoms with E-state index in [0.717, 1.165) is 6.42 Å². The molecule has 0 aliphatic carbocycles. The summed E-state index contributed by atoms with van der Waals surface area (Å²) in [6.45, 7) is 2.15. The van der Waals surface area contributed by atoms with E-state index in [1.165, 1.54) is 0 Å². The van der Waals surface area contributed by atoms with Crippen molar-refractivity contribution >= 4 is 5.91 Å². The van der Waals surface area contributed by atoms with E-state index in [1.807, 2.05) is 6.92 Å². The Kier molecular flexibility index (Phi) is 4.69. The van der Waals surface area contributed by atoms with Crippen LogP contribution in [0, 0.1) is 5.82 Å². The summed E-state index contributed by atoms with van der Waals surface area (Å²) >= 11 is 0. The number of benzene rings is 1. The van der Waals surface area contributed by atoms with Gasteiger partial charge in [0.25, 0.3) is 5.91 Å². The van der Waals surface area contributed by atoms with Gasteiger partial charge >= 0.3 is 6.18 Å². The first-order chi connectivity index (χ1) is 8.36. The van der Waals surface area contributed by atoms with Gasteiger partial charge in [-0.3, -0.25) is 4.79 Å². The number of hydrogen-bond donors (Lipinski definition) is 1. The van der Waals surface area contributed by atoms with Crippen molar-refractivity contribution in [1.29, 1.82) is 0 Å². The molecule has 0 aliphatic heterocycles. The van der Waals surface area contributed by atoms with Crippen molar-refractivity contribution < 1.29 is 22.4 Å². The second-order valence-corrected chi connectivity index (χ2v) is 3.80. The number of rotatable bonds is 4. The van der Waals surface area contributed by atoms with Crippen LogP contribution in [0.25, 0.3) is 0 Å². The van der Waals surface area contributed by atoms with E-state index >= 15 is 0 Å². The molecule has 1 N–H and O–H groups in total. The van der Waals surface area contributed by atoms with Crippen LogP contribution in [-0.4, -0.2) is 12.5 Å². The standard InChI is InChI=1S/C12H13F4NO/c1-2-3-6-17-11(18)9-7-8(13)4-5-10(9)12(14,15)16/h4-5,7H,2-3,6H2,1H3,(H,17,18). The fourth-order valence-corrected chi connectivity index (χ4v) is 1.43. The lowest BCUT2D eigenvalue weighted by molar-refractivity contribution is -0.138. The SMILES string of the molecule is CCCCNC(=O)c1cc(F)ccc1C(F)(F)F. The highest BCUT2D eigenvalue weighted by molar-refractivity contribution is 5.95. The van der Waals surface area contributed by atoms with Crippen LogP contribution in [0.2, 0.25) is 0 Å². The van der Waals surface area contributed by atoms with Crippen molar-refractivity contribution in [3.8, 4) is 0 Å². The van der Waals surface area contributed by atoms with Gasteiger partial charge in [-0.1, -0.05) is 13.3 Å². The Morgan fingerprint density at radius 3 is 2.56 bits per heavy atom. The van der Waals surface area contributed by atoms with E-state index in [0.29, 0.717) is 24.6 Å². The second kappa shape index (κ2) is 5.84. The topological polar surface area (TPSA) is 29.1 Å². The van der Waals surface area contributed by atoms with Crippen molar-refractivity contribution in [3.05, 3.63) is 35.1 Å². The van der Waals surface area contributed by atoms with Gasteiger partial charge in [-0.2, -0.15) is 13.2 Å². The van der Waals surface area contributed by atoms with Crippen molar-refractivity contribution in [2.75, 3.05) is 6.54 Å². The fourth-order valence-electron chi connectivity index (χ4n) is 1.43. The van der Waals surface area contributed by atoms with Gasteiger partial charge in [0.2, 0.25) is 0 Å². The average molecular weight is 263 g/mol. The van der Waals surface area contributed by atoms with Gasteiger partial charge in [0.1, 0.15) is 5.82 Å². The Morgan fingerprint density at radius 2 is 2.00 bits per heavy atom. The van der Waals surface area contributed by atoms with E-state index in [-0.39, 0.29) is 6.54 Å². The molecular formula is C12H13F4NO. The molecule has 0 saturated heterocycles. The quantitative estimate of drug-likeness (QED) is 0.655. The first-order valence-electron chi connectivity index (χ1n) is 5.51. The number of hydrogen-bond acceptors (Lipinski definition) is 1. The lowest BCUT2D eigenvalue weighted by Crippen LogP contribution is -2.27. The molecule has 1 aromatic rings. The molecule has 1 amide bonds. The molecule has 1 aromatic carbocycles. The van der Waals surface area contributed by atoms with E-state index < -0.39 is 29.0 Å². The lowest BCUT2D eigenvalue weighted by Gasteiger charge is -2.12. The maximum absolute atomic E-state index is 12.9. The summed E-state index contributed by atoms with van der Waals surface area (Å²) in [5.74, 6) is -1.78. The fraction of sp³-hybridized carbons (Fsp3) is 0.417. The third kappa shape index (κ3) is 3.72. The van der Waals surface area contributed by atoms with Crippen LogP contribution in [0.3, 0.4) is 0 Å². The van der Waals surface area contributed by atoms with Crippen molar-refractivity contribution in [3.63, 3.8) is 0 Å². The number of amides is 1. The predicted molar refractivity (Wildman–Crippen MR) is 58.6 cm³/mol. The Morgan fingerprint density at radius 1 is 1.33 bits per heavy atom. The Bertz CT molecular complexity index is 429. The van der Waals surface area contributed by atoms with E-state index in [1.54, 1.807) is 0 Å². The molecule has 18 heavy (non-hydrogen) atoms. The molecule has 100 valence electrons. The number of carbonyl (C=O) groups is 1. The van der Waals surface area contributed by atoms with E-state index in [9.17, 15) is 22.4 Å². The maximum Gasteiger partial charge on any atom is 0.417 e. The predicted octanol–water partition coefficient (Wildman–Crippen LogP) is 3.37. The molecule has 6 heteroatoms. The smallest absolute Gasteiger partial charge is 0.352 e. The summed E-state index contributed by atoms with van der Waals surface area (Å²) in [5, 5.41) is 2.33. The first-order valence-corrected chi connectivity index (χ1v) is 5.51. The van der Waals surface area contributed by atoms with Crippen LogP contribution in [0.1, 0.15) is 35.7 Å². The largest absolute Gasteiger partial charge is 0.417 e. The summed E-state index contributed by atoms with van der Waals surface area (Å²) < 4.78 is 50.8. The molecule has 0 aromatic heterocycles. The third-order valence-electron chi connectivity index (χ3n) is 2.35. The van der Waals surface area contributed by atoms with E-state index in [2.05, 4.69) is 5.32 Å². The van der Waals surface area contributed by atoms with Gasteiger partial charge in [-0.15, -0.1) is 0 Å². The molecule has 0 bridgehead atoms. The van der Waals surface area contributed by atoms with Gasteiger partial charge in [0, 0.05) is 6.54 Å². The molecule has 0 saturated carbocycles. The number of halogens is 4. The molecule has 0 radical (unpaired) electrons. The molecule has 0 fully saturated rings. The van der Waals surface area contributed by atoms with Crippen LogP contribution in [0.5, 0.6) is 0 Å². The maximum atomic E-state index is 12.9. The normalized spacial score (nSPS) is 11.4. The minimum Gasteiger partial charge on any atom is -0.352 e. The minimum atomic E-state index is -4.68. The van der Waals surface area contributed by atoms with Crippen molar-refractivity contribution in [2.24, 2.45) is 0 Å². The number of unbranched alkanes of at least 4 members (excludes halogenated alkanes) is 1. The molecule has 2 nitrogen and oxygen atoms in total. The summed E-state index contributed by atoms with van der Waals surface area (Å²) in [5.41, 5.74) is -1.81. The zero-order valence-electron chi connectivity index (χ0n) is 9.77.